The number of aliphatic hydroxyl groups is 3. The van der Waals surface area contributed by atoms with Crippen molar-refractivity contribution in [2.75, 3.05) is 6.61 Å². The molecule has 1 aromatic heterocycles. The molecule has 0 aliphatic carbocycles. The van der Waals surface area contributed by atoms with Gasteiger partial charge in [-0.1, -0.05) is 30.3 Å². The molecule has 2 heterocycles. The molecule has 0 spiro atoms. The van der Waals surface area contributed by atoms with Crippen molar-refractivity contribution in [1.82, 2.24) is 5.32 Å². The molecule has 1 amide bonds. The second-order valence-electron chi connectivity index (χ2n) is 7.71. The van der Waals surface area contributed by atoms with Crippen LogP contribution in [0.3, 0.4) is 0 Å². The van der Waals surface area contributed by atoms with E-state index in [1.54, 1.807) is 24.3 Å². The van der Waals surface area contributed by atoms with Crippen molar-refractivity contribution < 1.29 is 39.1 Å². The van der Waals surface area contributed by atoms with Gasteiger partial charge in [0.2, 0.25) is 12.2 Å². The van der Waals surface area contributed by atoms with E-state index >= 15 is 0 Å². The van der Waals surface area contributed by atoms with Crippen LogP contribution in [0.25, 0.3) is 22.3 Å². The average molecular weight is 457 g/mol. The van der Waals surface area contributed by atoms with Gasteiger partial charge in [0.15, 0.2) is 5.43 Å². The van der Waals surface area contributed by atoms with Crippen molar-refractivity contribution >= 4 is 16.9 Å². The van der Waals surface area contributed by atoms with Gasteiger partial charge in [-0.25, -0.2) is 0 Å². The first-order valence-corrected chi connectivity index (χ1v) is 10.2. The number of aliphatic hydroxyl groups excluding tert-OH is 3. The molecule has 5 N–H and O–H groups in total. The number of benzene rings is 2. The first-order valence-electron chi connectivity index (χ1n) is 10.2. The van der Waals surface area contributed by atoms with Gasteiger partial charge in [-0.2, -0.15) is 0 Å². The Bertz CT molecular complexity index is 1210. The Balaban J connectivity index is 1.72. The summed E-state index contributed by atoms with van der Waals surface area (Å²) in [6.07, 6.45) is -5.47. The second-order valence-corrected chi connectivity index (χ2v) is 7.71. The standard InChI is InChI=1S/C23H23NO9/c1-11(26)24-20-22(30)21(29)18(10-25)33-23(20)31-13-7-14(27)19-15(28)9-16(32-17(19)8-13)12-5-3-2-4-6-12/h2-9,18,20-23,25,27,29-30H,10H2,1H3,(H,24,26). The summed E-state index contributed by atoms with van der Waals surface area (Å²) < 4.78 is 17.1. The topological polar surface area (TPSA) is 159 Å². The van der Waals surface area contributed by atoms with Gasteiger partial charge >= 0.3 is 0 Å². The largest absolute Gasteiger partial charge is 0.507 e. The smallest absolute Gasteiger partial charge is 0.223 e. The molecule has 10 heteroatoms. The molecule has 0 radical (unpaired) electrons. The Morgan fingerprint density at radius 1 is 1.12 bits per heavy atom. The lowest BCUT2D eigenvalue weighted by molar-refractivity contribution is -0.244. The lowest BCUT2D eigenvalue weighted by Gasteiger charge is -2.42. The van der Waals surface area contributed by atoms with Crippen LogP contribution in [0.5, 0.6) is 11.5 Å². The van der Waals surface area contributed by atoms with Crippen molar-refractivity contribution in [1.29, 1.82) is 0 Å². The molecular weight excluding hydrogens is 434 g/mol. The fraction of sp³-hybridized carbons (Fsp3) is 0.304. The number of rotatable bonds is 5. The maximum atomic E-state index is 12.6. The zero-order chi connectivity index (χ0) is 23.7. The Kier molecular flexibility index (Phi) is 6.34. The third-order valence-corrected chi connectivity index (χ3v) is 5.34. The van der Waals surface area contributed by atoms with E-state index in [0.717, 1.165) is 0 Å². The summed E-state index contributed by atoms with van der Waals surface area (Å²) in [5, 5.41) is 42.9. The number of phenolic OH excluding ortho intramolecular Hbond substituents is 1. The lowest BCUT2D eigenvalue weighted by atomic mass is 9.97. The number of hydrogen-bond acceptors (Lipinski definition) is 9. The first kappa shape index (κ1) is 22.7. The number of amides is 1. The minimum Gasteiger partial charge on any atom is -0.507 e. The minimum atomic E-state index is -1.50. The first-order chi connectivity index (χ1) is 15.8. The molecule has 5 atom stereocenters. The van der Waals surface area contributed by atoms with Crippen LogP contribution in [0.2, 0.25) is 0 Å². The molecule has 1 aliphatic heterocycles. The Labute approximate surface area is 187 Å². The van der Waals surface area contributed by atoms with Crippen LogP contribution in [-0.4, -0.2) is 63.6 Å². The molecule has 1 fully saturated rings. The van der Waals surface area contributed by atoms with E-state index in [1.807, 2.05) is 6.07 Å². The SMILES string of the molecule is CC(=O)NC1C(Oc2cc(O)c3c(=O)cc(-c4ccccc4)oc3c2)OC(CO)C(O)C1O. The van der Waals surface area contributed by atoms with Gasteiger partial charge in [-0.3, -0.25) is 9.59 Å². The zero-order valence-electron chi connectivity index (χ0n) is 17.5. The van der Waals surface area contributed by atoms with Crippen molar-refractivity contribution in [3.8, 4) is 22.8 Å². The number of fused-ring (bicyclic) bond motifs is 1. The molecule has 10 nitrogen and oxygen atoms in total. The van der Waals surface area contributed by atoms with Crippen LogP contribution < -0.4 is 15.5 Å². The monoisotopic (exact) mass is 457 g/mol. The van der Waals surface area contributed by atoms with Crippen LogP contribution >= 0.6 is 0 Å². The average Bonchev–Trinajstić information content (AvgIpc) is 2.78. The van der Waals surface area contributed by atoms with Crippen molar-refractivity contribution in [3.05, 3.63) is 58.8 Å². The fourth-order valence-corrected chi connectivity index (χ4v) is 3.76. The highest BCUT2D eigenvalue weighted by Crippen LogP contribution is 2.33. The molecule has 3 aromatic rings. The van der Waals surface area contributed by atoms with Crippen molar-refractivity contribution in [2.45, 2.75) is 37.6 Å². The summed E-state index contributed by atoms with van der Waals surface area (Å²) >= 11 is 0. The highest BCUT2D eigenvalue weighted by molar-refractivity contribution is 5.86. The molecule has 174 valence electrons. The summed E-state index contributed by atoms with van der Waals surface area (Å²) in [4.78, 5) is 24.2. The van der Waals surface area contributed by atoms with Gasteiger partial charge < -0.3 is 39.6 Å². The summed E-state index contributed by atoms with van der Waals surface area (Å²) in [7, 11) is 0. The number of nitrogens with one attached hydrogen (secondary N) is 1. The van der Waals surface area contributed by atoms with Crippen LogP contribution in [0.4, 0.5) is 0 Å². The number of aromatic hydroxyl groups is 1. The van der Waals surface area contributed by atoms with E-state index in [4.69, 9.17) is 13.9 Å². The van der Waals surface area contributed by atoms with E-state index in [9.17, 15) is 30.0 Å². The third-order valence-electron chi connectivity index (χ3n) is 5.34. The van der Waals surface area contributed by atoms with Gasteiger partial charge in [0, 0.05) is 30.7 Å². The van der Waals surface area contributed by atoms with Crippen LogP contribution in [-0.2, 0) is 9.53 Å². The number of hydrogen-bond donors (Lipinski definition) is 5. The number of phenols is 1. The fourth-order valence-electron chi connectivity index (χ4n) is 3.76. The normalized spacial score (nSPS) is 25.0. The molecular formula is C23H23NO9. The molecule has 1 aliphatic rings. The molecule has 0 saturated carbocycles. The predicted molar refractivity (Wildman–Crippen MR) is 116 cm³/mol. The van der Waals surface area contributed by atoms with E-state index in [-0.39, 0.29) is 22.5 Å². The maximum absolute atomic E-state index is 12.6. The summed E-state index contributed by atoms with van der Waals surface area (Å²) in [5.41, 5.74) is 0.247. The van der Waals surface area contributed by atoms with Crippen LogP contribution in [0.1, 0.15) is 6.92 Å². The summed E-state index contributed by atoms with van der Waals surface area (Å²) in [6.45, 7) is 0.610. The molecule has 33 heavy (non-hydrogen) atoms. The quantitative estimate of drug-likeness (QED) is 0.367. The van der Waals surface area contributed by atoms with E-state index in [2.05, 4.69) is 5.32 Å². The predicted octanol–water partition coefficient (Wildman–Crippen LogP) is 0.488. The molecule has 0 bridgehead atoms. The molecule has 5 unspecified atom stereocenters. The van der Waals surface area contributed by atoms with Gasteiger partial charge in [0.05, 0.1) is 6.61 Å². The van der Waals surface area contributed by atoms with Gasteiger partial charge in [0.25, 0.3) is 0 Å². The van der Waals surface area contributed by atoms with Crippen molar-refractivity contribution in [2.24, 2.45) is 0 Å². The summed E-state index contributed by atoms with van der Waals surface area (Å²) in [6, 6.07) is 11.6. The lowest BCUT2D eigenvalue weighted by Crippen LogP contribution is -2.65. The van der Waals surface area contributed by atoms with E-state index in [0.29, 0.717) is 5.56 Å². The van der Waals surface area contributed by atoms with Gasteiger partial charge in [-0.15, -0.1) is 0 Å². The minimum absolute atomic E-state index is 0.00833. The van der Waals surface area contributed by atoms with Crippen LogP contribution in [0.15, 0.2) is 57.7 Å². The highest BCUT2D eigenvalue weighted by atomic mass is 16.7. The molecule has 4 rings (SSSR count). The highest BCUT2D eigenvalue weighted by Gasteiger charge is 2.46. The second kappa shape index (κ2) is 9.20. The number of ether oxygens (including phenoxy) is 2. The van der Waals surface area contributed by atoms with Crippen molar-refractivity contribution in [3.63, 3.8) is 0 Å². The zero-order valence-corrected chi connectivity index (χ0v) is 17.5. The summed E-state index contributed by atoms with van der Waals surface area (Å²) in [5.74, 6) is -0.615. The number of carbonyl (C=O) groups is 1. The molecule has 2 aromatic carbocycles. The number of carbonyl (C=O) groups excluding carboxylic acids is 1. The third kappa shape index (κ3) is 4.55. The molecule has 1 saturated heterocycles. The van der Waals surface area contributed by atoms with Crippen LogP contribution in [0, 0.1) is 0 Å². The Morgan fingerprint density at radius 3 is 2.52 bits per heavy atom. The van der Waals surface area contributed by atoms with Gasteiger partial charge in [0.1, 0.15) is 52.6 Å². The van der Waals surface area contributed by atoms with E-state index < -0.39 is 54.3 Å². The van der Waals surface area contributed by atoms with E-state index in [1.165, 1.54) is 25.1 Å². The Morgan fingerprint density at radius 2 is 1.85 bits per heavy atom. The Hall–Kier alpha value is -3.44. The maximum Gasteiger partial charge on any atom is 0.223 e. The van der Waals surface area contributed by atoms with Gasteiger partial charge in [-0.05, 0) is 0 Å².